The Labute approximate surface area is 174 Å². The molecule has 0 spiro atoms. The molecule has 27 heavy (non-hydrogen) atoms. The largest absolute Gasteiger partial charge is 0.483 e. The fourth-order valence-corrected chi connectivity index (χ4v) is 3.20. The summed E-state index contributed by atoms with van der Waals surface area (Å²) in [7, 11) is 0. The molecule has 0 saturated carbocycles. The lowest BCUT2D eigenvalue weighted by molar-refractivity contribution is -0.118. The number of carbonyl (C=O) groups is 2. The minimum Gasteiger partial charge on any atom is -0.483 e. The summed E-state index contributed by atoms with van der Waals surface area (Å²) in [5, 5.41) is 2.71. The normalized spacial score (nSPS) is 10.3. The minimum atomic E-state index is -0.434. The molecule has 0 bridgehead atoms. The van der Waals surface area contributed by atoms with E-state index in [2.05, 4.69) is 37.2 Å². The lowest BCUT2D eigenvalue weighted by Crippen LogP contribution is -2.20. The first kappa shape index (κ1) is 21.4. The number of esters is 1. The average Bonchev–Trinajstić information content (AvgIpc) is 2.65. The van der Waals surface area contributed by atoms with Crippen molar-refractivity contribution in [2.75, 3.05) is 31.7 Å². The van der Waals surface area contributed by atoms with E-state index in [0.717, 1.165) is 8.95 Å². The molecule has 0 heterocycles. The van der Waals surface area contributed by atoms with Gasteiger partial charge in [0.05, 0.1) is 16.6 Å². The third kappa shape index (κ3) is 7.32. The molecule has 0 aliphatic carbocycles. The third-order valence-electron chi connectivity index (χ3n) is 3.32. The first-order valence-corrected chi connectivity index (χ1v) is 9.81. The van der Waals surface area contributed by atoms with Gasteiger partial charge in [0, 0.05) is 16.8 Å². The van der Waals surface area contributed by atoms with Crippen LogP contribution in [0.25, 0.3) is 0 Å². The molecule has 2 aromatic carbocycles. The van der Waals surface area contributed by atoms with Crippen LogP contribution in [0.15, 0.2) is 51.4 Å². The molecule has 0 aliphatic heterocycles. The first-order chi connectivity index (χ1) is 13.0. The lowest BCUT2D eigenvalue weighted by atomic mass is 10.2. The Bertz CT molecular complexity index is 780. The van der Waals surface area contributed by atoms with Gasteiger partial charge < -0.3 is 19.5 Å². The van der Waals surface area contributed by atoms with Crippen LogP contribution in [0.3, 0.4) is 0 Å². The highest BCUT2D eigenvalue weighted by Crippen LogP contribution is 2.28. The lowest BCUT2D eigenvalue weighted by Gasteiger charge is -2.10. The van der Waals surface area contributed by atoms with E-state index in [9.17, 15) is 9.59 Å². The predicted octanol–water partition coefficient (Wildman–Crippen LogP) is 4.42. The Hall–Kier alpha value is -1.90. The van der Waals surface area contributed by atoms with Crippen molar-refractivity contribution in [2.45, 2.75) is 6.92 Å². The second kappa shape index (κ2) is 11.1. The third-order valence-corrected chi connectivity index (χ3v) is 4.43. The van der Waals surface area contributed by atoms with Crippen molar-refractivity contribution in [1.29, 1.82) is 0 Å². The quantitative estimate of drug-likeness (QED) is 0.407. The van der Waals surface area contributed by atoms with E-state index < -0.39 is 5.97 Å². The molecular formula is C19H19Br2NO5. The van der Waals surface area contributed by atoms with Crippen LogP contribution in [0.5, 0.6) is 5.75 Å². The maximum atomic E-state index is 12.0. The highest BCUT2D eigenvalue weighted by Gasteiger charge is 2.09. The molecule has 0 aromatic heterocycles. The molecule has 6 nitrogen and oxygen atoms in total. The first-order valence-electron chi connectivity index (χ1n) is 8.22. The van der Waals surface area contributed by atoms with Crippen LogP contribution in [0.1, 0.15) is 17.3 Å². The Kier molecular flexibility index (Phi) is 8.77. The van der Waals surface area contributed by atoms with Gasteiger partial charge in [-0.15, -0.1) is 0 Å². The fourth-order valence-electron chi connectivity index (χ4n) is 2.04. The van der Waals surface area contributed by atoms with E-state index in [0.29, 0.717) is 30.2 Å². The molecule has 0 unspecified atom stereocenters. The highest BCUT2D eigenvalue weighted by atomic mass is 79.9. The summed E-state index contributed by atoms with van der Waals surface area (Å²) in [5.74, 6) is -0.175. The van der Waals surface area contributed by atoms with E-state index in [1.165, 1.54) is 0 Å². The predicted molar refractivity (Wildman–Crippen MR) is 109 cm³/mol. The Morgan fingerprint density at radius 2 is 1.78 bits per heavy atom. The van der Waals surface area contributed by atoms with Crippen molar-refractivity contribution >= 4 is 49.4 Å². The van der Waals surface area contributed by atoms with Gasteiger partial charge in [0.25, 0.3) is 5.91 Å². The standard InChI is InChI=1S/C19H19Br2NO5/c1-2-25-9-10-26-19(24)13-3-6-15(7-4-13)22-18(23)12-27-17-8-5-14(20)11-16(17)21/h3-8,11H,2,9-10,12H2,1H3,(H,22,23). The number of benzene rings is 2. The second-order valence-corrected chi connectivity index (χ2v) is 7.09. The van der Waals surface area contributed by atoms with E-state index in [4.69, 9.17) is 14.2 Å². The van der Waals surface area contributed by atoms with Gasteiger partial charge in [-0.1, -0.05) is 15.9 Å². The molecule has 1 N–H and O–H groups in total. The maximum absolute atomic E-state index is 12.0. The Morgan fingerprint density at radius 3 is 2.44 bits per heavy atom. The van der Waals surface area contributed by atoms with Crippen molar-refractivity contribution in [3.05, 3.63) is 57.0 Å². The summed E-state index contributed by atoms with van der Waals surface area (Å²) in [4.78, 5) is 23.9. The van der Waals surface area contributed by atoms with E-state index in [1.54, 1.807) is 30.3 Å². The summed E-state index contributed by atoms with van der Waals surface area (Å²) >= 11 is 6.73. The Morgan fingerprint density at radius 1 is 1.04 bits per heavy atom. The van der Waals surface area contributed by atoms with Crippen molar-refractivity contribution in [3.63, 3.8) is 0 Å². The van der Waals surface area contributed by atoms with Gasteiger partial charge in [-0.05, 0) is 65.3 Å². The summed E-state index contributed by atoms with van der Waals surface area (Å²) in [5.41, 5.74) is 0.962. The summed E-state index contributed by atoms with van der Waals surface area (Å²) in [6.07, 6.45) is 0. The molecule has 0 atom stereocenters. The van der Waals surface area contributed by atoms with E-state index >= 15 is 0 Å². The molecule has 0 fully saturated rings. The molecular weight excluding hydrogens is 482 g/mol. The van der Waals surface area contributed by atoms with Gasteiger partial charge in [-0.25, -0.2) is 4.79 Å². The highest BCUT2D eigenvalue weighted by molar-refractivity contribution is 9.11. The van der Waals surface area contributed by atoms with Crippen LogP contribution < -0.4 is 10.1 Å². The number of amides is 1. The average molecular weight is 501 g/mol. The van der Waals surface area contributed by atoms with Gasteiger partial charge in [0.2, 0.25) is 0 Å². The molecule has 8 heteroatoms. The molecule has 1 amide bonds. The van der Waals surface area contributed by atoms with E-state index in [-0.39, 0.29) is 19.1 Å². The van der Waals surface area contributed by atoms with Crippen LogP contribution in [-0.4, -0.2) is 38.3 Å². The topological polar surface area (TPSA) is 73.9 Å². The molecule has 2 rings (SSSR count). The van der Waals surface area contributed by atoms with Crippen molar-refractivity contribution in [3.8, 4) is 5.75 Å². The minimum absolute atomic E-state index is 0.137. The summed E-state index contributed by atoms with van der Waals surface area (Å²) in [6, 6.07) is 11.9. The van der Waals surface area contributed by atoms with Crippen molar-refractivity contribution < 1.29 is 23.8 Å². The number of nitrogens with one attached hydrogen (secondary N) is 1. The molecule has 144 valence electrons. The van der Waals surface area contributed by atoms with Crippen LogP contribution in [0.2, 0.25) is 0 Å². The number of anilines is 1. The van der Waals surface area contributed by atoms with E-state index in [1.807, 2.05) is 19.1 Å². The van der Waals surface area contributed by atoms with Gasteiger partial charge in [-0.2, -0.15) is 0 Å². The van der Waals surface area contributed by atoms with Crippen LogP contribution in [0, 0.1) is 0 Å². The SMILES string of the molecule is CCOCCOC(=O)c1ccc(NC(=O)COc2ccc(Br)cc2Br)cc1. The number of ether oxygens (including phenoxy) is 3. The van der Waals surface area contributed by atoms with Crippen LogP contribution >= 0.6 is 31.9 Å². The smallest absolute Gasteiger partial charge is 0.338 e. The molecule has 0 radical (unpaired) electrons. The van der Waals surface area contributed by atoms with Crippen LogP contribution in [-0.2, 0) is 14.3 Å². The zero-order chi connectivity index (χ0) is 19.6. The Balaban J connectivity index is 1.81. The zero-order valence-corrected chi connectivity index (χ0v) is 17.8. The number of halogens is 2. The van der Waals surface area contributed by atoms with Gasteiger partial charge in [0.15, 0.2) is 6.61 Å². The number of hydrogen-bond acceptors (Lipinski definition) is 5. The monoisotopic (exact) mass is 499 g/mol. The summed E-state index contributed by atoms with van der Waals surface area (Å²) < 4.78 is 17.3. The molecule has 2 aromatic rings. The summed E-state index contributed by atoms with van der Waals surface area (Å²) in [6.45, 7) is 2.88. The zero-order valence-electron chi connectivity index (χ0n) is 14.7. The van der Waals surface area contributed by atoms with Crippen LogP contribution in [0.4, 0.5) is 5.69 Å². The molecule has 0 saturated heterocycles. The number of rotatable bonds is 9. The van der Waals surface area contributed by atoms with Crippen molar-refractivity contribution in [2.24, 2.45) is 0 Å². The second-order valence-electron chi connectivity index (χ2n) is 5.32. The number of hydrogen-bond donors (Lipinski definition) is 1. The maximum Gasteiger partial charge on any atom is 0.338 e. The van der Waals surface area contributed by atoms with Crippen molar-refractivity contribution in [1.82, 2.24) is 0 Å². The number of carbonyl (C=O) groups excluding carboxylic acids is 2. The van der Waals surface area contributed by atoms with Gasteiger partial charge in [0.1, 0.15) is 12.4 Å². The molecule has 0 aliphatic rings. The fraction of sp³-hybridized carbons (Fsp3) is 0.263. The van der Waals surface area contributed by atoms with Gasteiger partial charge >= 0.3 is 5.97 Å². The van der Waals surface area contributed by atoms with Gasteiger partial charge in [-0.3, -0.25) is 4.79 Å².